The van der Waals surface area contributed by atoms with Gasteiger partial charge in [-0.3, -0.25) is 14.4 Å². The molecule has 2 fully saturated rings. The summed E-state index contributed by atoms with van der Waals surface area (Å²) in [5, 5.41) is 9.08. The van der Waals surface area contributed by atoms with Crippen molar-refractivity contribution in [2.75, 3.05) is 26.7 Å². The fraction of sp³-hybridized carbons (Fsp3) is 0.571. The highest BCUT2D eigenvalue weighted by molar-refractivity contribution is 5.91. The molecule has 3 rings (SSSR count). The number of carbonyl (C=O) groups excluding carboxylic acids is 2. The number of nitrogens with zero attached hydrogens (tertiary/aromatic N) is 2. The van der Waals surface area contributed by atoms with Gasteiger partial charge in [-0.1, -0.05) is 25.0 Å². The van der Waals surface area contributed by atoms with Crippen LogP contribution in [0.25, 0.3) is 0 Å². The number of hydrogen-bond donors (Lipinski definition) is 1. The number of rotatable bonds is 5. The molecule has 2 aliphatic rings. The molecule has 1 aromatic rings. The summed E-state index contributed by atoms with van der Waals surface area (Å²) in [4.78, 5) is 40.1. The van der Waals surface area contributed by atoms with Crippen LogP contribution >= 0.6 is 0 Å². The highest BCUT2D eigenvalue weighted by atomic mass is 19.1. The van der Waals surface area contributed by atoms with Crippen molar-refractivity contribution >= 4 is 17.8 Å². The second-order valence-corrected chi connectivity index (χ2v) is 7.95. The van der Waals surface area contributed by atoms with Crippen LogP contribution in [0.2, 0.25) is 0 Å². The van der Waals surface area contributed by atoms with E-state index in [9.17, 15) is 18.8 Å². The van der Waals surface area contributed by atoms with Crippen LogP contribution in [0, 0.1) is 11.7 Å². The standard InChI is InChI=1S/C21H27FN2O4/c1-23(14-18(25)24-12-8-15(9-13-24)19(26)27)20(28)21(10-2-3-11-21)16-4-6-17(22)7-5-16/h4-7,15H,2-3,8-14H2,1H3,(H,26,27). The van der Waals surface area contributed by atoms with E-state index in [1.807, 2.05) is 0 Å². The maximum Gasteiger partial charge on any atom is 0.306 e. The minimum Gasteiger partial charge on any atom is -0.481 e. The van der Waals surface area contributed by atoms with Gasteiger partial charge in [0.1, 0.15) is 5.82 Å². The van der Waals surface area contributed by atoms with Crippen LogP contribution in [-0.4, -0.2) is 59.4 Å². The number of halogens is 1. The Kier molecular flexibility index (Phi) is 6.01. The summed E-state index contributed by atoms with van der Waals surface area (Å²) < 4.78 is 13.3. The lowest BCUT2D eigenvalue weighted by atomic mass is 9.77. The third-order valence-electron chi connectivity index (χ3n) is 6.18. The Morgan fingerprint density at radius 1 is 1.14 bits per heavy atom. The van der Waals surface area contributed by atoms with Gasteiger partial charge in [-0.05, 0) is 43.4 Å². The van der Waals surface area contributed by atoms with Crippen molar-refractivity contribution in [3.05, 3.63) is 35.6 Å². The van der Waals surface area contributed by atoms with Crippen molar-refractivity contribution in [2.24, 2.45) is 5.92 Å². The van der Waals surface area contributed by atoms with Crippen LogP contribution in [0.5, 0.6) is 0 Å². The van der Waals surface area contributed by atoms with Crippen molar-refractivity contribution < 1.29 is 23.9 Å². The van der Waals surface area contributed by atoms with Crippen molar-refractivity contribution in [2.45, 2.75) is 43.9 Å². The van der Waals surface area contributed by atoms with Crippen molar-refractivity contribution in [3.8, 4) is 0 Å². The molecule has 0 unspecified atom stereocenters. The normalized spacial score (nSPS) is 19.4. The summed E-state index contributed by atoms with van der Waals surface area (Å²) in [6.45, 7) is 0.779. The molecule has 1 aromatic carbocycles. The predicted molar refractivity (Wildman–Crippen MR) is 101 cm³/mol. The topological polar surface area (TPSA) is 77.9 Å². The quantitative estimate of drug-likeness (QED) is 0.838. The van der Waals surface area contributed by atoms with Crippen LogP contribution in [-0.2, 0) is 19.8 Å². The van der Waals surface area contributed by atoms with Gasteiger partial charge < -0.3 is 14.9 Å². The molecule has 0 atom stereocenters. The Bertz CT molecular complexity index is 735. The molecule has 6 nitrogen and oxygen atoms in total. The third-order valence-corrected chi connectivity index (χ3v) is 6.18. The summed E-state index contributed by atoms with van der Waals surface area (Å²) in [6.07, 6.45) is 4.12. The van der Waals surface area contributed by atoms with E-state index < -0.39 is 17.3 Å². The molecule has 152 valence electrons. The van der Waals surface area contributed by atoms with Gasteiger partial charge in [-0.25, -0.2) is 4.39 Å². The zero-order valence-corrected chi connectivity index (χ0v) is 16.2. The van der Waals surface area contributed by atoms with Gasteiger partial charge in [0.25, 0.3) is 0 Å². The Balaban J connectivity index is 1.66. The summed E-state index contributed by atoms with van der Waals surface area (Å²) in [5.41, 5.74) is 0.108. The molecule has 1 N–H and O–H groups in total. The van der Waals surface area contributed by atoms with Crippen LogP contribution in [0.1, 0.15) is 44.1 Å². The number of likely N-dealkylation sites (N-methyl/N-ethyl adjacent to an activating group) is 1. The fourth-order valence-corrected chi connectivity index (χ4v) is 4.49. The third kappa shape index (κ3) is 4.03. The minimum absolute atomic E-state index is 0.0283. The van der Waals surface area contributed by atoms with E-state index in [-0.39, 0.29) is 24.2 Å². The molecule has 0 radical (unpaired) electrons. The van der Waals surface area contributed by atoms with Crippen LogP contribution in [0.3, 0.4) is 0 Å². The van der Waals surface area contributed by atoms with Gasteiger partial charge in [-0.15, -0.1) is 0 Å². The largest absolute Gasteiger partial charge is 0.481 e. The molecule has 2 amide bonds. The molecule has 1 saturated heterocycles. The Labute approximate surface area is 164 Å². The molecule has 7 heteroatoms. The summed E-state index contributed by atoms with van der Waals surface area (Å²) in [5.74, 6) is -1.82. The number of likely N-dealkylation sites (tertiary alicyclic amines) is 1. The molecular weight excluding hydrogens is 363 g/mol. The number of carboxylic acid groups (broad SMARTS) is 1. The smallest absolute Gasteiger partial charge is 0.306 e. The van der Waals surface area contributed by atoms with E-state index in [0.29, 0.717) is 38.8 Å². The van der Waals surface area contributed by atoms with Crippen LogP contribution < -0.4 is 0 Å². The zero-order valence-electron chi connectivity index (χ0n) is 16.2. The first-order valence-electron chi connectivity index (χ1n) is 9.86. The van der Waals surface area contributed by atoms with E-state index in [0.717, 1.165) is 18.4 Å². The zero-order chi connectivity index (χ0) is 20.3. The first-order chi connectivity index (χ1) is 13.3. The van der Waals surface area contributed by atoms with Crippen LogP contribution in [0.15, 0.2) is 24.3 Å². The lowest BCUT2D eigenvalue weighted by Crippen LogP contribution is -2.49. The first-order valence-corrected chi connectivity index (χ1v) is 9.86. The lowest BCUT2D eigenvalue weighted by Gasteiger charge is -2.35. The Morgan fingerprint density at radius 3 is 2.25 bits per heavy atom. The second kappa shape index (κ2) is 8.29. The molecule has 1 aliphatic carbocycles. The Morgan fingerprint density at radius 2 is 1.71 bits per heavy atom. The summed E-state index contributed by atoms with van der Waals surface area (Å²) in [6, 6.07) is 6.09. The van der Waals surface area contributed by atoms with Gasteiger partial charge in [0.2, 0.25) is 11.8 Å². The van der Waals surface area contributed by atoms with E-state index >= 15 is 0 Å². The van der Waals surface area contributed by atoms with Gasteiger partial charge in [0, 0.05) is 20.1 Å². The number of benzene rings is 1. The predicted octanol–water partition coefficient (Wildman–Crippen LogP) is 2.42. The monoisotopic (exact) mass is 390 g/mol. The molecule has 1 aliphatic heterocycles. The maximum atomic E-state index is 13.3. The van der Waals surface area contributed by atoms with Gasteiger partial charge in [0.05, 0.1) is 17.9 Å². The van der Waals surface area contributed by atoms with E-state index in [4.69, 9.17) is 5.11 Å². The summed E-state index contributed by atoms with van der Waals surface area (Å²) in [7, 11) is 1.63. The van der Waals surface area contributed by atoms with E-state index in [1.54, 1.807) is 24.1 Å². The highest BCUT2D eigenvalue weighted by Crippen LogP contribution is 2.42. The average molecular weight is 390 g/mol. The number of carbonyl (C=O) groups is 3. The highest BCUT2D eigenvalue weighted by Gasteiger charge is 2.44. The number of aliphatic carboxylic acids is 1. The van der Waals surface area contributed by atoms with Crippen molar-refractivity contribution in [1.29, 1.82) is 0 Å². The average Bonchev–Trinajstić information content (AvgIpc) is 3.19. The number of hydrogen-bond acceptors (Lipinski definition) is 3. The van der Waals surface area contributed by atoms with Crippen LogP contribution in [0.4, 0.5) is 4.39 Å². The summed E-state index contributed by atoms with van der Waals surface area (Å²) >= 11 is 0. The molecule has 1 heterocycles. The van der Waals surface area contributed by atoms with E-state index in [1.165, 1.54) is 17.0 Å². The lowest BCUT2D eigenvalue weighted by molar-refractivity contribution is -0.147. The molecular formula is C21H27FN2O4. The van der Waals surface area contributed by atoms with E-state index in [2.05, 4.69) is 0 Å². The fourth-order valence-electron chi connectivity index (χ4n) is 4.49. The number of amides is 2. The maximum absolute atomic E-state index is 13.3. The molecule has 0 aromatic heterocycles. The molecule has 0 bridgehead atoms. The van der Waals surface area contributed by atoms with Crippen molar-refractivity contribution in [1.82, 2.24) is 9.80 Å². The second-order valence-electron chi connectivity index (χ2n) is 7.95. The van der Waals surface area contributed by atoms with Gasteiger partial charge in [0.15, 0.2) is 0 Å². The number of piperidine rings is 1. The first kappa shape index (κ1) is 20.3. The van der Waals surface area contributed by atoms with Crippen molar-refractivity contribution in [3.63, 3.8) is 0 Å². The molecule has 0 spiro atoms. The minimum atomic E-state index is -0.818. The number of carboxylic acids is 1. The van der Waals surface area contributed by atoms with Gasteiger partial charge in [-0.2, -0.15) is 0 Å². The molecule has 28 heavy (non-hydrogen) atoms. The Hall–Kier alpha value is -2.44. The molecule has 1 saturated carbocycles. The SMILES string of the molecule is CN(CC(=O)N1CCC(C(=O)O)CC1)C(=O)C1(c2ccc(F)cc2)CCCC1. The van der Waals surface area contributed by atoms with Gasteiger partial charge >= 0.3 is 5.97 Å².